The van der Waals surface area contributed by atoms with Gasteiger partial charge in [0.25, 0.3) is 5.91 Å². The lowest BCUT2D eigenvalue weighted by molar-refractivity contribution is -0.528. The third-order valence-electron chi connectivity index (χ3n) is 7.40. The molecule has 180 valence electrons. The normalized spacial score (nSPS) is 28.4. The van der Waals surface area contributed by atoms with Crippen molar-refractivity contribution in [2.24, 2.45) is 5.92 Å². The van der Waals surface area contributed by atoms with Gasteiger partial charge in [-0.05, 0) is 49.8 Å². The number of hydrogen-bond donors (Lipinski definition) is 2. The lowest BCUT2D eigenvalue weighted by Gasteiger charge is -2.39. The predicted octanol–water partition coefficient (Wildman–Crippen LogP) is 4.58. The smallest absolute Gasteiger partial charge is 0.250 e. The lowest BCUT2D eigenvalue weighted by atomic mass is 9.73. The number of rotatable bonds is 7. The maximum Gasteiger partial charge on any atom is 0.250 e. The molecule has 5 rings (SSSR count). The summed E-state index contributed by atoms with van der Waals surface area (Å²) in [5.74, 6) is -2.03. The average Bonchev–Trinajstić information content (AvgIpc) is 3.50. The Morgan fingerprint density at radius 1 is 1.26 bits per heavy atom. The van der Waals surface area contributed by atoms with Gasteiger partial charge in [-0.3, -0.25) is 19.8 Å². The number of fused-ring (bicyclic) bond motifs is 2. The van der Waals surface area contributed by atoms with Crippen molar-refractivity contribution in [2.75, 3.05) is 18.5 Å². The van der Waals surface area contributed by atoms with Crippen LogP contribution in [0.2, 0.25) is 10.0 Å². The minimum atomic E-state index is -1.51. The summed E-state index contributed by atoms with van der Waals surface area (Å²) in [4.78, 5) is 28.1. The van der Waals surface area contributed by atoms with Gasteiger partial charge in [-0.15, -0.1) is 0 Å². The Balaban J connectivity index is 1.81. The Morgan fingerprint density at radius 2 is 2.03 bits per heavy atom. The van der Waals surface area contributed by atoms with Crippen LogP contribution in [0.4, 0.5) is 10.1 Å². The molecule has 2 aromatic rings. The van der Waals surface area contributed by atoms with Crippen LogP contribution >= 0.6 is 23.2 Å². The number of benzene rings is 2. The maximum absolute atomic E-state index is 15.5. The monoisotopic (exact) mass is 507 g/mol. The van der Waals surface area contributed by atoms with E-state index in [1.165, 1.54) is 12.1 Å². The molecule has 1 saturated carbocycles. The largest absolute Gasteiger partial charge is 0.396 e. The van der Waals surface area contributed by atoms with Gasteiger partial charge in [-0.2, -0.15) is 0 Å². The second-order valence-corrected chi connectivity index (χ2v) is 10.2. The highest BCUT2D eigenvalue weighted by atomic mass is 35.5. The zero-order chi connectivity index (χ0) is 24.2. The molecule has 34 heavy (non-hydrogen) atoms. The Kier molecular flexibility index (Phi) is 6.04. The molecule has 1 saturated heterocycles. The van der Waals surface area contributed by atoms with Crippen LogP contribution in [0.3, 0.4) is 0 Å². The molecule has 2 aliphatic heterocycles. The van der Waals surface area contributed by atoms with E-state index < -0.39 is 40.2 Å². The van der Waals surface area contributed by atoms with Gasteiger partial charge in [0.05, 0.1) is 17.0 Å². The zero-order valence-corrected chi connectivity index (χ0v) is 19.7. The van der Waals surface area contributed by atoms with Gasteiger partial charge in [0.2, 0.25) is 6.04 Å². The van der Waals surface area contributed by atoms with Gasteiger partial charge < -0.3 is 10.4 Å². The van der Waals surface area contributed by atoms with E-state index in [0.29, 0.717) is 41.6 Å². The first-order valence-corrected chi connectivity index (χ1v) is 12.1. The summed E-state index contributed by atoms with van der Waals surface area (Å²) in [5, 5.41) is 25.3. The summed E-state index contributed by atoms with van der Waals surface area (Å²) in [6.45, 7) is 0.328. The Hall–Kier alpha value is -2.26. The summed E-state index contributed by atoms with van der Waals surface area (Å²) < 4.78 is 15.5. The molecule has 2 fully saturated rings. The van der Waals surface area contributed by atoms with Crippen molar-refractivity contribution in [3.63, 3.8) is 0 Å². The van der Waals surface area contributed by atoms with E-state index in [4.69, 9.17) is 23.2 Å². The first-order chi connectivity index (χ1) is 16.3. The van der Waals surface area contributed by atoms with Crippen molar-refractivity contribution >= 4 is 34.8 Å². The number of amides is 1. The number of nitrogens with one attached hydrogen (secondary N) is 1. The molecule has 1 aliphatic carbocycles. The van der Waals surface area contributed by atoms with E-state index in [1.807, 2.05) is 4.90 Å². The summed E-state index contributed by atoms with van der Waals surface area (Å²) in [6.07, 6.45) is 2.55. The van der Waals surface area contributed by atoms with Crippen LogP contribution in [0.25, 0.3) is 0 Å². The number of halogens is 3. The fraction of sp³-hybridized carbons (Fsp3) is 0.458. The molecule has 0 aromatic heterocycles. The molecule has 2 N–H and O–H groups in total. The quantitative estimate of drug-likeness (QED) is 0.422. The molecular formula is C24H24Cl2FN3O4. The summed E-state index contributed by atoms with van der Waals surface area (Å²) in [7, 11) is 0. The highest BCUT2D eigenvalue weighted by Gasteiger charge is 2.71. The number of hydrogen-bond acceptors (Lipinski definition) is 5. The fourth-order valence-electron chi connectivity index (χ4n) is 5.90. The van der Waals surface area contributed by atoms with Crippen LogP contribution in [0.15, 0.2) is 36.4 Å². The molecular weight excluding hydrogens is 484 g/mol. The van der Waals surface area contributed by atoms with Crippen LogP contribution in [-0.2, 0) is 10.3 Å². The SMILES string of the molecule is O=C1Nc2cc(Cl)ccc2[C@@]12[C@@H](c1cccc(Cl)c1F)C([N+](=O)[O-])[C@H](CCCO)N2CC1CC1. The zero-order valence-electron chi connectivity index (χ0n) is 18.2. The van der Waals surface area contributed by atoms with Gasteiger partial charge in [-0.1, -0.05) is 41.4 Å². The molecule has 2 aromatic carbocycles. The predicted molar refractivity (Wildman–Crippen MR) is 126 cm³/mol. The molecule has 7 nitrogen and oxygen atoms in total. The average molecular weight is 508 g/mol. The summed E-state index contributed by atoms with van der Waals surface area (Å²) in [5.41, 5.74) is -0.452. The minimum absolute atomic E-state index is 0.0412. The van der Waals surface area contributed by atoms with Crippen LogP contribution in [0.1, 0.15) is 42.7 Å². The van der Waals surface area contributed by atoms with Crippen LogP contribution < -0.4 is 5.32 Å². The number of anilines is 1. The molecule has 0 radical (unpaired) electrons. The second-order valence-electron chi connectivity index (χ2n) is 9.34. The van der Waals surface area contributed by atoms with Gasteiger partial charge in [0, 0.05) is 39.9 Å². The number of nitrogens with zero attached hydrogens (tertiary/aromatic N) is 2. The number of nitro groups is 1. The Labute approximate surface area is 206 Å². The maximum atomic E-state index is 15.5. The highest BCUT2D eigenvalue weighted by Crippen LogP contribution is 2.59. The van der Waals surface area contributed by atoms with E-state index in [9.17, 15) is 20.0 Å². The summed E-state index contributed by atoms with van der Waals surface area (Å²) >= 11 is 12.3. The number of aliphatic hydroxyl groups excluding tert-OH is 1. The van der Waals surface area contributed by atoms with Crippen molar-refractivity contribution in [3.05, 3.63) is 73.5 Å². The van der Waals surface area contributed by atoms with Crippen molar-refractivity contribution in [2.45, 2.75) is 49.2 Å². The second kappa shape index (κ2) is 8.75. The van der Waals surface area contributed by atoms with Crippen molar-refractivity contribution in [1.29, 1.82) is 0 Å². The molecule has 2 heterocycles. The Bertz CT molecular complexity index is 1160. The van der Waals surface area contributed by atoms with E-state index in [2.05, 4.69) is 5.32 Å². The molecule has 0 bridgehead atoms. The standard InChI is InChI=1S/C24H24Cl2FN3O4/c25-14-8-9-16-18(11-14)28-23(32)24(16)20(15-3-1-4-17(26)21(15)27)22(30(33)34)19(5-2-10-31)29(24)12-13-6-7-13/h1,3-4,8-9,11,13,19-20,22,31H,2,5-7,10,12H2,(H,28,32)/t19-,20-,22?,24+/m0/s1. The lowest BCUT2D eigenvalue weighted by Crippen LogP contribution is -2.52. The topological polar surface area (TPSA) is 95.7 Å². The molecule has 1 amide bonds. The first kappa shape index (κ1) is 23.5. The summed E-state index contributed by atoms with van der Waals surface area (Å²) in [6, 6.07) is 7.41. The number of likely N-dealkylation sites (tertiary alicyclic amines) is 1. The van der Waals surface area contributed by atoms with E-state index in [0.717, 1.165) is 12.8 Å². The van der Waals surface area contributed by atoms with Crippen LogP contribution in [0.5, 0.6) is 0 Å². The highest BCUT2D eigenvalue weighted by molar-refractivity contribution is 6.31. The van der Waals surface area contributed by atoms with Crippen molar-refractivity contribution in [1.82, 2.24) is 4.90 Å². The van der Waals surface area contributed by atoms with E-state index in [1.54, 1.807) is 24.3 Å². The van der Waals surface area contributed by atoms with Crippen molar-refractivity contribution in [3.8, 4) is 0 Å². The molecule has 4 atom stereocenters. The molecule has 3 aliphatic rings. The Morgan fingerprint density at radius 3 is 2.71 bits per heavy atom. The van der Waals surface area contributed by atoms with Crippen molar-refractivity contribution < 1.29 is 19.2 Å². The number of carbonyl (C=O) groups is 1. The minimum Gasteiger partial charge on any atom is -0.396 e. The van der Waals surface area contributed by atoms with Gasteiger partial charge in [0.15, 0.2) is 0 Å². The van der Waals surface area contributed by atoms with E-state index >= 15 is 4.39 Å². The molecule has 1 spiro atoms. The fourth-order valence-corrected chi connectivity index (χ4v) is 6.25. The first-order valence-electron chi connectivity index (χ1n) is 11.4. The van der Waals surface area contributed by atoms with Gasteiger partial charge in [-0.25, -0.2) is 4.39 Å². The molecule has 10 heteroatoms. The van der Waals surface area contributed by atoms with Crippen LogP contribution in [0, 0.1) is 21.8 Å². The third-order valence-corrected chi connectivity index (χ3v) is 7.92. The molecule has 1 unspecified atom stereocenters. The van der Waals surface area contributed by atoms with Gasteiger partial charge in [0.1, 0.15) is 11.4 Å². The van der Waals surface area contributed by atoms with E-state index in [-0.39, 0.29) is 17.2 Å². The van der Waals surface area contributed by atoms with Gasteiger partial charge >= 0.3 is 0 Å². The number of carbonyl (C=O) groups excluding carboxylic acids is 1. The third kappa shape index (κ3) is 3.50. The van der Waals surface area contributed by atoms with Crippen LogP contribution in [-0.4, -0.2) is 46.1 Å². The number of aliphatic hydroxyl groups is 1.